The van der Waals surface area contributed by atoms with Gasteiger partial charge in [0.05, 0.1) is 4.92 Å². The molecule has 134 valence electrons. The molecule has 0 heterocycles. The van der Waals surface area contributed by atoms with E-state index in [9.17, 15) is 10.1 Å². The van der Waals surface area contributed by atoms with E-state index >= 15 is 0 Å². The summed E-state index contributed by atoms with van der Waals surface area (Å²) in [5.41, 5.74) is 2.02. The number of benzene rings is 2. The third-order valence-electron chi connectivity index (χ3n) is 3.31. The summed E-state index contributed by atoms with van der Waals surface area (Å²) in [6.45, 7) is 2.94. The predicted molar refractivity (Wildman–Crippen MR) is 104 cm³/mol. The summed E-state index contributed by atoms with van der Waals surface area (Å²) in [5, 5.41) is 23.2. The van der Waals surface area contributed by atoms with Crippen LogP contribution in [0, 0.1) is 17.0 Å². The van der Waals surface area contributed by atoms with Crippen molar-refractivity contribution < 1.29 is 14.8 Å². The van der Waals surface area contributed by atoms with E-state index in [-0.39, 0.29) is 18.0 Å². The van der Waals surface area contributed by atoms with Gasteiger partial charge in [-0.15, -0.1) is 11.4 Å². The molecule has 8 heteroatoms. The van der Waals surface area contributed by atoms with E-state index in [1.807, 2.05) is 19.1 Å². The first-order chi connectivity index (χ1) is 12.1. The van der Waals surface area contributed by atoms with Crippen molar-refractivity contribution in [1.29, 1.82) is 0 Å². The van der Waals surface area contributed by atoms with Crippen LogP contribution in [0.2, 0.25) is 0 Å². The number of rotatable bonds is 10. The van der Waals surface area contributed by atoms with E-state index in [4.69, 9.17) is 9.84 Å². The smallest absolute Gasteiger partial charge is 0.311 e. The van der Waals surface area contributed by atoms with Crippen LogP contribution in [0.4, 0.5) is 5.69 Å². The summed E-state index contributed by atoms with van der Waals surface area (Å²) in [7, 11) is 0.510. The van der Waals surface area contributed by atoms with Gasteiger partial charge in [0.2, 0.25) is 5.75 Å². The molecule has 0 aromatic heterocycles. The molecule has 0 radical (unpaired) electrons. The van der Waals surface area contributed by atoms with Crippen LogP contribution in [0.1, 0.15) is 17.5 Å². The van der Waals surface area contributed by atoms with Gasteiger partial charge in [-0.05, 0) is 37.1 Å². The predicted octanol–water partition coefficient (Wildman–Crippen LogP) is 4.41. The van der Waals surface area contributed by atoms with E-state index < -0.39 is 4.92 Å². The maximum absolute atomic E-state index is 11.2. The molecule has 0 bridgehead atoms. The van der Waals surface area contributed by atoms with Crippen molar-refractivity contribution in [3.05, 3.63) is 63.7 Å². The van der Waals surface area contributed by atoms with Crippen LogP contribution >= 0.6 is 19.3 Å². The lowest BCUT2D eigenvalue weighted by atomic mass is 10.2. The fourth-order valence-electron chi connectivity index (χ4n) is 2.00. The fraction of sp³-hybridized carbons (Fsp3) is 0.294. The maximum Gasteiger partial charge on any atom is 0.311 e. The van der Waals surface area contributed by atoms with Gasteiger partial charge < -0.3 is 9.84 Å². The lowest BCUT2D eigenvalue weighted by molar-refractivity contribution is -0.385. The Balaban J connectivity index is 2.02. The number of aliphatic hydroxyl groups is 1. The molecule has 2 N–H and O–H groups in total. The number of hydrogen-bond acceptors (Lipinski definition) is 6. The van der Waals surface area contributed by atoms with Crippen molar-refractivity contribution in [1.82, 2.24) is 5.09 Å². The van der Waals surface area contributed by atoms with Gasteiger partial charge in [0, 0.05) is 32.9 Å². The number of hydrogen-bond donors (Lipinski definition) is 2. The van der Waals surface area contributed by atoms with Crippen molar-refractivity contribution in [2.24, 2.45) is 0 Å². The maximum atomic E-state index is 11.2. The second kappa shape index (κ2) is 10.4. The average Bonchev–Trinajstić information content (AvgIpc) is 2.60. The highest BCUT2D eigenvalue weighted by atomic mass is 32.7. The number of nitrogens with zero attached hydrogens (tertiary/aromatic N) is 1. The largest absolute Gasteiger partial charge is 0.450 e. The Morgan fingerprint density at radius 1 is 1.28 bits per heavy atom. The molecule has 0 aliphatic heterocycles. The molecule has 0 saturated carbocycles. The number of nitro groups is 1. The molecule has 1 unspecified atom stereocenters. The van der Waals surface area contributed by atoms with Crippen LogP contribution < -0.4 is 9.82 Å². The number of ether oxygens (including phenoxy) is 1. The Bertz CT molecular complexity index is 698. The van der Waals surface area contributed by atoms with Gasteiger partial charge in [-0.2, -0.15) is 0 Å². The van der Waals surface area contributed by atoms with Crippen LogP contribution in [0.5, 0.6) is 11.5 Å². The molecule has 0 aliphatic carbocycles. The molecule has 0 fully saturated rings. The van der Waals surface area contributed by atoms with Crippen molar-refractivity contribution in [3.8, 4) is 11.5 Å². The topological polar surface area (TPSA) is 84.6 Å². The van der Waals surface area contributed by atoms with E-state index in [1.54, 1.807) is 35.6 Å². The molecule has 2 aromatic carbocycles. The van der Waals surface area contributed by atoms with Crippen molar-refractivity contribution in [2.75, 3.05) is 13.2 Å². The highest BCUT2D eigenvalue weighted by molar-refractivity contribution is 8.48. The quantitative estimate of drug-likeness (QED) is 0.275. The Morgan fingerprint density at radius 3 is 2.72 bits per heavy atom. The number of nitro benzene ring substituents is 1. The molecule has 6 nitrogen and oxygen atoms in total. The molecule has 25 heavy (non-hydrogen) atoms. The highest BCUT2D eigenvalue weighted by Crippen LogP contribution is 2.35. The minimum Gasteiger partial charge on any atom is -0.450 e. The minimum absolute atomic E-state index is 0.0437. The lowest BCUT2D eigenvalue weighted by Gasteiger charge is -2.09. The number of nitrogens with one attached hydrogen (secondary N) is 1. The third kappa shape index (κ3) is 6.63. The third-order valence-corrected chi connectivity index (χ3v) is 5.63. The Kier molecular flexibility index (Phi) is 8.15. The monoisotopic (exact) mass is 380 g/mol. The van der Waals surface area contributed by atoms with Crippen LogP contribution in [0.25, 0.3) is 0 Å². The van der Waals surface area contributed by atoms with Gasteiger partial charge in [0.15, 0.2) is 0 Å². The lowest BCUT2D eigenvalue weighted by Crippen LogP contribution is -2.03. The molecular formula is C17H21N2O4PS. The van der Waals surface area contributed by atoms with Crippen LogP contribution in [0.15, 0.2) is 42.5 Å². The summed E-state index contributed by atoms with van der Waals surface area (Å²) in [6, 6.07) is 12.4. The van der Waals surface area contributed by atoms with Gasteiger partial charge in [-0.3, -0.25) is 15.2 Å². The SMILES string of the molecule is Cc1ccc(Oc2cc(CSPNCCCO)ccc2[N+](=O)[O-])cc1. The summed E-state index contributed by atoms with van der Waals surface area (Å²) in [4.78, 5) is 10.8. The van der Waals surface area contributed by atoms with Crippen LogP contribution in [-0.4, -0.2) is 23.2 Å². The van der Waals surface area contributed by atoms with E-state index in [0.717, 1.165) is 29.8 Å². The minimum atomic E-state index is -0.432. The first kappa shape index (κ1) is 19.7. The molecule has 0 aliphatic rings. The van der Waals surface area contributed by atoms with Gasteiger partial charge >= 0.3 is 5.69 Å². The fourth-order valence-corrected chi connectivity index (χ4v) is 4.13. The number of aliphatic hydroxyl groups excluding tert-OH is 1. The first-order valence-electron chi connectivity index (χ1n) is 7.82. The second-order valence-corrected chi connectivity index (χ2v) is 7.98. The molecule has 1 atom stereocenters. The van der Waals surface area contributed by atoms with Gasteiger partial charge in [-0.1, -0.05) is 23.8 Å². The van der Waals surface area contributed by atoms with E-state index in [1.165, 1.54) is 6.07 Å². The zero-order chi connectivity index (χ0) is 18.1. The Morgan fingerprint density at radius 2 is 2.04 bits per heavy atom. The van der Waals surface area contributed by atoms with Gasteiger partial charge in [-0.25, -0.2) is 0 Å². The van der Waals surface area contributed by atoms with Crippen molar-refractivity contribution in [2.45, 2.75) is 19.1 Å². The summed E-state index contributed by atoms with van der Waals surface area (Å²) < 4.78 is 5.73. The van der Waals surface area contributed by atoms with E-state index in [0.29, 0.717) is 13.7 Å². The normalized spacial score (nSPS) is 11.1. The standard InChI is InChI=1S/C17H21N2O4PS/c1-13-3-6-15(7-4-13)23-17-11-14(5-8-16(17)19(21)22)12-25-24-18-9-2-10-20/h3-8,11,18,20,24H,2,9-10,12H2,1H3. The van der Waals surface area contributed by atoms with Crippen LogP contribution in [-0.2, 0) is 5.75 Å². The molecular weight excluding hydrogens is 359 g/mol. The van der Waals surface area contributed by atoms with Crippen molar-refractivity contribution in [3.63, 3.8) is 0 Å². The van der Waals surface area contributed by atoms with E-state index in [2.05, 4.69) is 5.09 Å². The molecule has 0 saturated heterocycles. The summed E-state index contributed by atoms with van der Waals surface area (Å²) in [6.07, 6.45) is 0.736. The molecule has 0 amide bonds. The Hall–Kier alpha value is -1.66. The number of aryl methyl sites for hydroxylation is 1. The zero-order valence-corrected chi connectivity index (χ0v) is 15.7. The zero-order valence-electron chi connectivity index (χ0n) is 13.9. The van der Waals surface area contributed by atoms with Crippen LogP contribution in [0.3, 0.4) is 0 Å². The van der Waals surface area contributed by atoms with Gasteiger partial charge in [0.1, 0.15) is 5.75 Å². The molecule has 2 rings (SSSR count). The second-order valence-electron chi connectivity index (χ2n) is 5.37. The summed E-state index contributed by atoms with van der Waals surface area (Å²) >= 11 is 1.70. The summed E-state index contributed by atoms with van der Waals surface area (Å²) in [5.74, 6) is 1.56. The highest BCUT2D eigenvalue weighted by Gasteiger charge is 2.16. The molecule has 2 aromatic rings. The first-order valence-corrected chi connectivity index (χ1v) is 10.5. The van der Waals surface area contributed by atoms with Crippen molar-refractivity contribution >= 4 is 25.0 Å². The average molecular weight is 380 g/mol. The van der Waals surface area contributed by atoms with Gasteiger partial charge in [0.25, 0.3) is 0 Å². The Labute approximate surface area is 152 Å². The molecule has 0 spiro atoms.